The molecule has 1 aromatic heterocycles. The number of H-pyrrole nitrogens is 1. The van der Waals surface area contributed by atoms with Crippen molar-refractivity contribution in [2.45, 2.75) is 4.90 Å². The maximum atomic E-state index is 13.3. The van der Waals surface area contributed by atoms with E-state index in [1.165, 1.54) is 43.5 Å². The number of imidazole rings is 1. The third kappa shape index (κ3) is 3.57. The van der Waals surface area contributed by atoms with E-state index in [9.17, 15) is 22.5 Å². The molecule has 5 rings (SSSR count). The Morgan fingerprint density at radius 1 is 1.00 bits per heavy atom. The molecule has 0 radical (unpaired) electrons. The molecule has 0 saturated heterocycles. The fourth-order valence-corrected chi connectivity index (χ4v) is 4.65. The standard InChI is InChI=1S/C24H17FN2O5S/c1-32-20-11-14(13-5-8-15(25)9-6-13)7-10-16(20)24-26-18-12-21(33(29,30)31)17-3-2-4-19(28)22(17)23(18)27-24/h2-12,28H,1H3,(H,26,27)(H,29,30,31). The zero-order valence-electron chi connectivity index (χ0n) is 17.2. The molecule has 7 nitrogen and oxygen atoms in total. The van der Waals surface area contributed by atoms with Crippen molar-refractivity contribution < 1.29 is 27.2 Å². The van der Waals surface area contributed by atoms with Gasteiger partial charge >= 0.3 is 0 Å². The van der Waals surface area contributed by atoms with Gasteiger partial charge < -0.3 is 14.8 Å². The number of halogens is 1. The monoisotopic (exact) mass is 464 g/mol. The number of aromatic nitrogens is 2. The first kappa shape index (κ1) is 20.9. The van der Waals surface area contributed by atoms with Crippen molar-refractivity contribution in [3.05, 3.63) is 72.5 Å². The Kier molecular flexibility index (Phi) is 4.80. The highest BCUT2D eigenvalue weighted by molar-refractivity contribution is 7.86. The molecule has 0 aliphatic heterocycles. The molecule has 0 atom stereocenters. The van der Waals surface area contributed by atoms with Crippen LogP contribution in [0, 0.1) is 5.82 Å². The van der Waals surface area contributed by atoms with Crippen LogP contribution in [-0.4, -0.2) is 35.2 Å². The zero-order valence-corrected chi connectivity index (χ0v) is 18.0. The third-order valence-electron chi connectivity index (χ3n) is 5.46. The minimum Gasteiger partial charge on any atom is -0.507 e. The van der Waals surface area contributed by atoms with Crippen molar-refractivity contribution in [1.29, 1.82) is 0 Å². The smallest absolute Gasteiger partial charge is 0.295 e. The summed E-state index contributed by atoms with van der Waals surface area (Å²) in [5.41, 5.74) is 2.87. The predicted molar refractivity (Wildman–Crippen MR) is 122 cm³/mol. The number of hydrogen-bond acceptors (Lipinski definition) is 5. The minimum atomic E-state index is -4.56. The summed E-state index contributed by atoms with van der Waals surface area (Å²) in [6.07, 6.45) is 0. The van der Waals surface area contributed by atoms with Crippen LogP contribution in [0.4, 0.5) is 4.39 Å². The van der Waals surface area contributed by atoms with Crippen molar-refractivity contribution in [3.8, 4) is 34.0 Å². The number of benzene rings is 4. The number of rotatable bonds is 4. The first-order chi connectivity index (χ1) is 15.8. The highest BCUT2D eigenvalue weighted by Crippen LogP contribution is 2.39. The van der Waals surface area contributed by atoms with Gasteiger partial charge in [0.25, 0.3) is 10.1 Å². The molecule has 4 aromatic carbocycles. The van der Waals surface area contributed by atoms with Gasteiger partial charge in [-0.2, -0.15) is 8.42 Å². The quantitative estimate of drug-likeness (QED) is 0.317. The van der Waals surface area contributed by atoms with Crippen LogP contribution in [0.1, 0.15) is 0 Å². The molecular formula is C24H17FN2O5S. The van der Waals surface area contributed by atoms with Gasteiger partial charge in [0.15, 0.2) is 0 Å². The second-order valence-electron chi connectivity index (χ2n) is 7.45. The van der Waals surface area contributed by atoms with Crippen molar-refractivity contribution >= 4 is 31.9 Å². The Labute approximate surface area is 187 Å². The molecule has 0 fully saturated rings. The van der Waals surface area contributed by atoms with Gasteiger partial charge in [-0.05, 0) is 47.5 Å². The summed E-state index contributed by atoms with van der Waals surface area (Å²) in [5, 5.41) is 10.8. The maximum absolute atomic E-state index is 13.3. The molecule has 33 heavy (non-hydrogen) atoms. The van der Waals surface area contributed by atoms with Crippen molar-refractivity contribution in [2.75, 3.05) is 7.11 Å². The van der Waals surface area contributed by atoms with Crippen molar-refractivity contribution in [1.82, 2.24) is 9.97 Å². The van der Waals surface area contributed by atoms with Gasteiger partial charge in [0, 0.05) is 5.39 Å². The number of hydrogen-bond donors (Lipinski definition) is 3. The molecule has 0 aliphatic rings. The molecule has 0 unspecified atom stereocenters. The molecule has 0 saturated carbocycles. The average Bonchev–Trinajstić information content (AvgIpc) is 3.22. The van der Waals surface area contributed by atoms with Gasteiger partial charge in [0.1, 0.15) is 33.6 Å². The summed E-state index contributed by atoms with van der Waals surface area (Å²) < 4.78 is 52.5. The lowest BCUT2D eigenvalue weighted by molar-refractivity contribution is 0.416. The molecule has 3 N–H and O–H groups in total. The summed E-state index contributed by atoms with van der Waals surface area (Å²) in [6.45, 7) is 0. The second kappa shape index (κ2) is 7.58. The average molecular weight is 464 g/mol. The van der Waals surface area contributed by atoms with E-state index < -0.39 is 10.1 Å². The lowest BCUT2D eigenvalue weighted by atomic mass is 10.0. The Bertz CT molecular complexity index is 1640. The van der Waals surface area contributed by atoms with Crippen LogP contribution in [0.5, 0.6) is 11.5 Å². The predicted octanol–water partition coefficient (Wildman–Crippen LogP) is 5.15. The molecule has 5 aromatic rings. The second-order valence-corrected chi connectivity index (χ2v) is 8.84. The lowest BCUT2D eigenvalue weighted by Gasteiger charge is -2.09. The summed E-state index contributed by atoms with van der Waals surface area (Å²) in [7, 11) is -3.05. The van der Waals surface area contributed by atoms with Crippen LogP contribution in [-0.2, 0) is 10.1 Å². The summed E-state index contributed by atoms with van der Waals surface area (Å²) >= 11 is 0. The fourth-order valence-electron chi connectivity index (χ4n) is 3.93. The Morgan fingerprint density at radius 3 is 2.42 bits per heavy atom. The Balaban J connectivity index is 1.73. The van der Waals surface area contributed by atoms with Crippen LogP contribution >= 0.6 is 0 Å². The van der Waals surface area contributed by atoms with Gasteiger partial charge in [-0.25, -0.2) is 9.37 Å². The van der Waals surface area contributed by atoms with Gasteiger partial charge in [0.05, 0.1) is 23.6 Å². The van der Waals surface area contributed by atoms with E-state index in [-0.39, 0.29) is 27.2 Å². The summed E-state index contributed by atoms with van der Waals surface area (Å²) in [4.78, 5) is 7.32. The number of aromatic hydroxyl groups is 1. The van der Waals surface area contributed by atoms with Gasteiger partial charge in [-0.15, -0.1) is 0 Å². The van der Waals surface area contributed by atoms with E-state index in [4.69, 9.17) is 4.74 Å². The van der Waals surface area contributed by atoms with Crippen LogP contribution in [0.25, 0.3) is 44.3 Å². The van der Waals surface area contributed by atoms with E-state index in [2.05, 4.69) is 9.97 Å². The Hall–Kier alpha value is -3.95. The SMILES string of the molecule is COc1cc(-c2ccc(F)cc2)ccc1-c1nc2c(cc(S(=O)(=O)O)c3cccc(O)c32)[nH]1. The number of fused-ring (bicyclic) bond motifs is 3. The zero-order chi connectivity index (χ0) is 23.3. The molecule has 9 heteroatoms. The number of phenols is 1. The summed E-state index contributed by atoms with van der Waals surface area (Å²) in [6, 6.07) is 17.1. The maximum Gasteiger partial charge on any atom is 0.295 e. The normalized spacial score (nSPS) is 11.8. The molecule has 166 valence electrons. The first-order valence-electron chi connectivity index (χ1n) is 9.82. The van der Waals surface area contributed by atoms with Gasteiger partial charge in [0.2, 0.25) is 0 Å². The van der Waals surface area contributed by atoms with Gasteiger partial charge in [-0.3, -0.25) is 4.55 Å². The van der Waals surface area contributed by atoms with E-state index in [0.29, 0.717) is 28.2 Å². The number of nitrogens with zero attached hydrogens (tertiary/aromatic N) is 1. The first-order valence-corrected chi connectivity index (χ1v) is 11.3. The molecule has 0 spiro atoms. The van der Waals surface area contributed by atoms with E-state index >= 15 is 0 Å². The summed E-state index contributed by atoms with van der Waals surface area (Å²) in [5.74, 6) is 0.369. The van der Waals surface area contributed by atoms with Crippen LogP contribution in [0.3, 0.4) is 0 Å². The molecule has 0 aliphatic carbocycles. The minimum absolute atomic E-state index is 0.154. The number of nitrogens with one attached hydrogen (secondary N) is 1. The highest BCUT2D eigenvalue weighted by atomic mass is 32.2. The topological polar surface area (TPSA) is 113 Å². The number of methoxy groups -OCH3 is 1. The van der Waals surface area contributed by atoms with Crippen LogP contribution < -0.4 is 4.74 Å². The number of ether oxygens (including phenoxy) is 1. The van der Waals surface area contributed by atoms with Crippen molar-refractivity contribution in [2.24, 2.45) is 0 Å². The van der Waals surface area contributed by atoms with Gasteiger partial charge in [-0.1, -0.05) is 30.3 Å². The highest BCUT2D eigenvalue weighted by Gasteiger charge is 2.21. The fraction of sp³-hybridized carbons (Fsp3) is 0.0417. The molecule has 1 heterocycles. The molecule has 0 bridgehead atoms. The Morgan fingerprint density at radius 2 is 1.73 bits per heavy atom. The lowest BCUT2D eigenvalue weighted by Crippen LogP contribution is -1.99. The number of aromatic amines is 1. The van der Waals surface area contributed by atoms with E-state index in [1.54, 1.807) is 24.3 Å². The van der Waals surface area contributed by atoms with Crippen LogP contribution in [0.15, 0.2) is 71.6 Å². The van der Waals surface area contributed by atoms with Crippen LogP contribution in [0.2, 0.25) is 0 Å². The van der Waals surface area contributed by atoms with Crippen molar-refractivity contribution in [3.63, 3.8) is 0 Å². The van der Waals surface area contributed by atoms with E-state index in [1.807, 2.05) is 6.07 Å². The molecular weight excluding hydrogens is 447 g/mol. The molecule has 0 amide bonds. The van der Waals surface area contributed by atoms with E-state index in [0.717, 1.165) is 11.1 Å². The third-order valence-corrected chi connectivity index (χ3v) is 6.36. The largest absolute Gasteiger partial charge is 0.507 e. The number of phenolic OH excluding ortho intramolecular Hbond substituents is 1.